The van der Waals surface area contributed by atoms with Crippen LogP contribution < -0.4 is 4.80 Å². The van der Waals surface area contributed by atoms with Crippen LogP contribution in [0.25, 0.3) is 11.3 Å². The maximum absolute atomic E-state index is 11.2. The van der Waals surface area contributed by atoms with Crippen LogP contribution in [0.2, 0.25) is 0 Å². The number of aromatic nitrogens is 1. The topological polar surface area (TPSA) is 104 Å². The molecule has 0 bridgehead atoms. The van der Waals surface area contributed by atoms with Crippen molar-refractivity contribution < 1.29 is 9.85 Å². The summed E-state index contributed by atoms with van der Waals surface area (Å²) in [5, 5.41) is 24.1. The molecule has 0 saturated heterocycles. The second kappa shape index (κ2) is 7.75. The molecule has 3 rings (SSSR count). The van der Waals surface area contributed by atoms with Gasteiger partial charge in [-0.05, 0) is 6.07 Å². The highest BCUT2D eigenvalue weighted by Crippen LogP contribution is 2.27. The molecule has 136 valence electrons. The van der Waals surface area contributed by atoms with E-state index in [2.05, 4.69) is 11.6 Å². The van der Waals surface area contributed by atoms with Crippen molar-refractivity contribution in [2.24, 2.45) is 4.99 Å². The molecule has 2 aromatic carbocycles. The fourth-order valence-corrected chi connectivity index (χ4v) is 3.48. The average Bonchev–Trinajstić information content (AvgIpc) is 3.05. The monoisotopic (exact) mass is 382 g/mol. The molecule has 0 spiro atoms. The quantitative estimate of drug-likeness (QED) is 0.357. The van der Waals surface area contributed by atoms with Gasteiger partial charge in [-0.25, -0.2) is 4.99 Å². The second-order valence-corrected chi connectivity index (χ2v) is 6.30. The fraction of sp³-hybridized carbons (Fsp3) is 0.0556. The van der Waals surface area contributed by atoms with Crippen LogP contribution in [0.1, 0.15) is 0 Å². The Morgan fingerprint density at radius 1 is 1.11 bits per heavy atom. The van der Waals surface area contributed by atoms with Gasteiger partial charge >= 0.3 is 0 Å². The number of rotatable bonds is 6. The number of para-hydroxylation sites is 2. The molecule has 8 nitrogen and oxygen atoms in total. The van der Waals surface area contributed by atoms with Crippen LogP contribution in [0.5, 0.6) is 0 Å². The van der Waals surface area contributed by atoms with Gasteiger partial charge in [0.15, 0.2) is 4.80 Å². The highest BCUT2D eigenvalue weighted by atomic mass is 32.1. The standard InChI is InChI=1S/C18H14N4O4S/c1-2-10-20-17(13-6-5-7-14(11-13)21(23)24)12-27-18(20)19-15-8-3-4-9-16(15)22(25)26/h2-9,11-12H,1,10H2. The van der Waals surface area contributed by atoms with E-state index in [9.17, 15) is 20.2 Å². The summed E-state index contributed by atoms with van der Waals surface area (Å²) in [6.07, 6.45) is 1.67. The van der Waals surface area contributed by atoms with Gasteiger partial charge in [0.05, 0.1) is 15.5 Å². The summed E-state index contributed by atoms with van der Waals surface area (Å²) < 4.78 is 1.81. The number of hydrogen-bond donors (Lipinski definition) is 0. The molecule has 1 heterocycles. The third-order valence-electron chi connectivity index (χ3n) is 3.76. The van der Waals surface area contributed by atoms with Gasteiger partial charge in [0.2, 0.25) is 0 Å². The molecule has 0 aliphatic rings. The van der Waals surface area contributed by atoms with Crippen molar-refractivity contribution >= 4 is 28.4 Å². The van der Waals surface area contributed by atoms with Crippen molar-refractivity contribution in [3.8, 4) is 11.3 Å². The first-order chi connectivity index (χ1) is 13.0. The number of non-ortho nitro benzene ring substituents is 1. The fourth-order valence-electron chi connectivity index (χ4n) is 2.55. The number of allylic oxidation sites excluding steroid dienone is 1. The van der Waals surface area contributed by atoms with Gasteiger partial charge in [-0.2, -0.15) is 0 Å². The van der Waals surface area contributed by atoms with Crippen molar-refractivity contribution in [1.29, 1.82) is 0 Å². The zero-order valence-corrected chi connectivity index (χ0v) is 14.8. The van der Waals surface area contributed by atoms with Crippen LogP contribution in [-0.2, 0) is 6.54 Å². The Bertz CT molecular complexity index is 1100. The molecule has 0 radical (unpaired) electrons. The van der Waals surface area contributed by atoms with Crippen LogP contribution in [0.15, 0.2) is 71.6 Å². The second-order valence-electron chi connectivity index (χ2n) is 5.47. The van der Waals surface area contributed by atoms with Gasteiger partial charge in [-0.1, -0.05) is 30.3 Å². The van der Waals surface area contributed by atoms with E-state index in [0.29, 0.717) is 16.9 Å². The summed E-state index contributed by atoms with van der Waals surface area (Å²) in [5.41, 5.74) is 1.52. The lowest BCUT2D eigenvalue weighted by atomic mass is 10.1. The molecule has 0 aliphatic carbocycles. The van der Waals surface area contributed by atoms with Crippen molar-refractivity contribution in [3.63, 3.8) is 0 Å². The predicted octanol–water partition coefficient (Wildman–Crippen LogP) is 4.45. The minimum Gasteiger partial charge on any atom is -0.313 e. The molecule has 0 N–H and O–H groups in total. The van der Waals surface area contributed by atoms with Crippen LogP contribution in [0, 0.1) is 20.2 Å². The molecule has 27 heavy (non-hydrogen) atoms. The van der Waals surface area contributed by atoms with E-state index in [1.807, 2.05) is 9.95 Å². The highest BCUT2D eigenvalue weighted by Gasteiger charge is 2.14. The molecule has 0 atom stereocenters. The summed E-state index contributed by atoms with van der Waals surface area (Å²) in [4.78, 5) is 26.3. The Balaban J connectivity index is 2.18. The highest BCUT2D eigenvalue weighted by molar-refractivity contribution is 7.07. The summed E-state index contributed by atoms with van der Waals surface area (Å²) in [5.74, 6) is 0. The Morgan fingerprint density at radius 2 is 1.89 bits per heavy atom. The Morgan fingerprint density at radius 3 is 2.59 bits per heavy atom. The Kier molecular flexibility index (Phi) is 5.23. The van der Waals surface area contributed by atoms with Gasteiger partial charge in [0.25, 0.3) is 11.4 Å². The summed E-state index contributed by atoms with van der Waals surface area (Å²) in [7, 11) is 0. The van der Waals surface area contributed by atoms with E-state index in [1.165, 1.54) is 29.5 Å². The normalized spacial score (nSPS) is 11.3. The molecule has 0 saturated carbocycles. The Labute approximate surface area is 157 Å². The number of nitro groups is 2. The lowest BCUT2D eigenvalue weighted by Gasteiger charge is -2.06. The maximum atomic E-state index is 11.2. The number of benzene rings is 2. The van der Waals surface area contributed by atoms with E-state index in [-0.39, 0.29) is 17.1 Å². The molecule has 9 heteroatoms. The summed E-state index contributed by atoms with van der Waals surface area (Å²) in [6.45, 7) is 4.14. The van der Waals surface area contributed by atoms with Gasteiger partial charge < -0.3 is 4.57 Å². The van der Waals surface area contributed by atoms with E-state index < -0.39 is 9.85 Å². The zero-order valence-electron chi connectivity index (χ0n) is 14.0. The van der Waals surface area contributed by atoms with E-state index in [4.69, 9.17) is 0 Å². The maximum Gasteiger partial charge on any atom is 0.294 e. The molecule has 0 amide bonds. The molecule has 1 aromatic heterocycles. The van der Waals surface area contributed by atoms with Crippen LogP contribution in [0.3, 0.4) is 0 Å². The zero-order chi connectivity index (χ0) is 19.4. The number of hydrogen-bond acceptors (Lipinski definition) is 6. The lowest BCUT2D eigenvalue weighted by molar-refractivity contribution is -0.384. The molecule has 0 fully saturated rings. The van der Waals surface area contributed by atoms with Gasteiger partial charge in [0.1, 0.15) is 5.69 Å². The first-order valence-corrected chi connectivity index (χ1v) is 8.71. The summed E-state index contributed by atoms with van der Waals surface area (Å²) >= 11 is 1.30. The van der Waals surface area contributed by atoms with Crippen molar-refractivity contribution in [3.05, 3.63) is 91.6 Å². The van der Waals surface area contributed by atoms with Gasteiger partial charge in [-0.15, -0.1) is 17.9 Å². The number of thiazole rings is 1. The minimum atomic E-state index is -0.480. The average molecular weight is 382 g/mol. The first kappa shape index (κ1) is 18.2. The van der Waals surface area contributed by atoms with Crippen LogP contribution in [0.4, 0.5) is 17.1 Å². The minimum absolute atomic E-state index is 0.0129. The first-order valence-electron chi connectivity index (χ1n) is 7.83. The van der Waals surface area contributed by atoms with Gasteiger partial charge in [0, 0.05) is 35.7 Å². The largest absolute Gasteiger partial charge is 0.313 e. The third kappa shape index (κ3) is 3.82. The number of nitro benzene ring substituents is 2. The van der Waals surface area contributed by atoms with Crippen LogP contribution in [-0.4, -0.2) is 14.4 Å². The summed E-state index contributed by atoms with van der Waals surface area (Å²) in [6, 6.07) is 12.5. The molecular weight excluding hydrogens is 368 g/mol. The SMILES string of the molecule is C=CCn1c(-c2cccc([N+](=O)[O-])c2)csc1=Nc1ccccc1[N+](=O)[O-]. The van der Waals surface area contributed by atoms with E-state index >= 15 is 0 Å². The Hall–Kier alpha value is -3.59. The van der Waals surface area contributed by atoms with Crippen molar-refractivity contribution in [2.75, 3.05) is 0 Å². The van der Waals surface area contributed by atoms with Crippen LogP contribution >= 0.6 is 11.3 Å². The predicted molar refractivity (Wildman–Crippen MR) is 103 cm³/mol. The van der Waals surface area contributed by atoms with Crippen molar-refractivity contribution in [2.45, 2.75) is 6.54 Å². The molecule has 3 aromatic rings. The van der Waals surface area contributed by atoms with E-state index in [0.717, 1.165) is 5.69 Å². The molecule has 0 unspecified atom stereocenters. The number of nitrogens with zero attached hydrogens (tertiary/aromatic N) is 4. The van der Waals surface area contributed by atoms with Crippen molar-refractivity contribution in [1.82, 2.24) is 4.57 Å². The molecular formula is C18H14N4O4S. The third-order valence-corrected chi connectivity index (χ3v) is 4.62. The van der Waals surface area contributed by atoms with Gasteiger partial charge in [-0.3, -0.25) is 20.2 Å². The lowest BCUT2D eigenvalue weighted by Crippen LogP contribution is -2.15. The smallest absolute Gasteiger partial charge is 0.294 e. The van der Waals surface area contributed by atoms with E-state index in [1.54, 1.807) is 36.4 Å². The molecule has 0 aliphatic heterocycles.